The van der Waals surface area contributed by atoms with Crippen LogP contribution in [-0.4, -0.2) is 22.8 Å². The molecule has 32 heavy (non-hydrogen) atoms. The molecule has 6 rings (SSSR count). The summed E-state index contributed by atoms with van der Waals surface area (Å²) >= 11 is 1.74. The van der Waals surface area contributed by atoms with Crippen LogP contribution in [0.5, 0.6) is 0 Å². The molecule has 3 aromatic carbocycles. The second-order valence-corrected chi connectivity index (χ2v) is 9.78. The van der Waals surface area contributed by atoms with E-state index in [9.17, 15) is 4.39 Å². The topological polar surface area (TPSA) is 27.6 Å². The largest absolute Gasteiger partial charge is 0.318 e. The number of fused-ring (bicyclic) bond motifs is 3. The fraction of sp³-hybridized carbons (Fsp3) is 0.222. The predicted molar refractivity (Wildman–Crippen MR) is 129 cm³/mol. The van der Waals surface area contributed by atoms with Crippen LogP contribution in [0, 0.1) is 5.82 Å². The number of hydrazine groups is 1. The van der Waals surface area contributed by atoms with Crippen molar-refractivity contribution in [2.75, 3.05) is 0 Å². The molecule has 5 heteroatoms. The van der Waals surface area contributed by atoms with Crippen LogP contribution in [0.25, 0.3) is 5.70 Å². The van der Waals surface area contributed by atoms with Crippen molar-refractivity contribution < 1.29 is 4.39 Å². The Hall–Kier alpha value is -2.89. The fourth-order valence-corrected chi connectivity index (χ4v) is 5.85. The zero-order chi connectivity index (χ0) is 21.7. The average molecular weight is 442 g/mol. The van der Waals surface area contributed by atoms with Gasteiger partial charge in [0, 0.05) is 38.6 Å². The van der Waals surface area contributed by atoms with Gasteiger partial charge in [0.05, 0.1) is 17.1 Å². The highest BCUT2D eigenvalue weighted by atomic mass is 32.2. The van der Waals surface area contributed by atoms with E-state index in [1.807, 2.05) is 18.2 Å². The highest BCUT2D eigenvalue weighted by Crippen LogP contribution is 2.42. The van der Waals surface area contributed by atoms with Crippen LogP contribution in [-0.2, 0) is 0 Å². The molecule has 1 N–H and O–H groups in total. The van der Waals surface area contributed by atoms with Gasteiger partial charge in [-0.15, -0.1) is 0 Å². The van der Waals surface area contributed by atoms with E-state index in [1.54, 1.807) is 11.8 Å². The summed E-state index contributed by atoms with van der Waals surface area (Å²) in [6.07, 6.45) is 6.07. The third-order valence-electron chi connectivity index (χ3n) is 6.54. The van der Waals surface area contributed by atoms with Gasteiger partial charge in [0.15, 0.2) is 0 Å². The van der Waals surface area contributed by atoms with Crippen LogP contribution >= 0.6 is 11.8 Å². The summed E-state index contributed by atoms with van der Waals surface area (Å²) in [6.45, 7) is 2.29. The van der Waals surface area contributed by atoms with E-state index in [0.29, 0.717) is 12.1 Å². The summed E-state index contributed by atoms with van der Waals surface area (Å²) in [4.78, 5) is 7.41. The summed E-state index contributed by atoms with van der Waals surface area (Å²) in [5, 5.41) is 2.39. The predicted octanol–water partition coefficient (Wildman–Crippen LogP) is 6.56. The third-order valence-corrected chi connectivity index (χ3v) is 7.69. The first-order chi connectivity index (χ1) is 15.7. The van der Waals surface area contributed by atoms with Gasteiger partial charge in [-0.3, -0.25) is 0 Å². The van der Waals surface area contributed by atoms with E-state index in [0.717, 1.165) is 43.6 Å². The van der Waals surface area contributed by atoms with Crippen molar-refractivity contribution in [3.05, 3.63) is 95.3 Å². The maximum absolute atomic E-state index is 13.6. The molecule has 3 nitrogen and oxygen atoms in total. The van der Waals surface area contributed by atoms with Gasteiger partial charge in [0.2, 0.25) is 0 Å². The van der Waals surface area contributed by atoms with Crippen molar-refractivity contribution >= 4 is 28.9 Å². The molecule has 1 fully saturated rings. The maximum atomic E-state index is 13.6. The van der Waals surface area contributed by atoms with Gasteiger partial charge in [-0.2, -0.15) is 0 Å². The summed E-state index contributed by atoms with van der Waals surface area (Å²) < 4.78 is 13.6. The van der Waals surface area contributed by atoms with Gasteiger partial charge in [-0.05, 0) is 74.7 Å². The standard InChI is InChI=1S/C27H24FN3S/c1-17-5-4-6-21-16-23(30-31(17)21)19-11-14-26-24(15-19)29-27(18-9-12-20(28)13-10-18)22-7-2-3-8-25(22)32-26/h2-3,7-17,21,30H,4-6H2,1H3/t17-,21-/m1/s1. The molecule has 160 valence electrons. The molecule has 0 aliphatic carbocycles. The van der Waals surface area contributed by atoms with E-state index in [2.05, 4.69) is 59.8 Å². The summed E-state index contributed by atoms with van der Waals surface area (Å²) in [5.41, 5.74) is 9.78. The molecule has 0 amide bonds. The number of aliphatic imine (C=N–C) groups is 1. The summed E-state index contributed by atoms with van der Waals surface area (Å²) in [6, 6.07) is 22.5. The molecule has 3 aliphatic rings. The van der Waals surface area contributed by atoms with Gasteiger partial charge >= 0.3 is 0 Å². The molecule has 1 saturated heterocycles. The number of hydrogen-bond donors (Lipinski definition) is 1. The Morgan fingerprint density at radius 2 is 1.78 bits per heavy atom. The molecule has 3 aromatic rings. The first kappa shape index (κ1) is 19.8. The van der Waals surface area contributed by atoms with Crippen molar-refractivity contribution in [2.24, 2.45) is 4.99 Å². The van der Waals surface area contributed by atoms with E-state index < -0.39 is 0 Å². The number of nitrogens with zero attached hydrogens (tertiary/aromatic N) is 2. The van der Waals surface area contributed by atoms with Crippen LogP contribution in [0.1, 0.15) is 42.9 Å². The summed E-state index contributed by atoms with van der Waals surface area (Å²) in [7, 11) is 0. The molecule has 0 spiro atoms. The number of nitrogens with one attached hydrogen (secondary N) is 1. The number of piperidine rings is 1. The Morgan fingerprint density at radius 1 is 0.969 bits per heavy atom. The zero-order valence-corrected chi connectivity index (χ0v) is 18.7. The van der Waals surface area contributed by atoms with E-state index in [1.165, 1.54) is 31.4 Å². The minimum Gasteiger partial charge on any atom is -0.318 e. The van der Waals surface area contributed by atoms with Crippen LogP contribution in [0.2, 0.25) is 0 Å². The molecular formula is C27H24FN3S. The number of halogens is 1. The quantitative estimate of drug-likeness (QED) is 0.382. The molecule has 2 atom stereocenters. The molecule has 0 bridgehead atoms. The number of rotatable bonds is 2. The van der Waals surface area contributed by atoms with E-state index in [4.69, 9.17) is 4.99 Å². The minimum atomic E-state index is -0.238. The smallest absolute Gasteiger partial charge is 0.123 e. The lowest BCUT2D eigenvalue weighted by Gasteiger charge is -2.35. The molecular weight excluding hydrogens is 417 g/mol. The first-order valence-corrected chi connectivity index (χ1v) is 12.0. The normalized spacial score (nSPS) is 22.1. The van der Waals surface area contributed by atoms with Crippen molar-refractivity contribution in [3.8, 4) is 0 Å². The SMILES string of the molecule is C[C@@H]1CCC[C@@H]2C=C(c3ccc4c(c3)N=C(c3ccc(F)cc3)c3ccccc3S4)NN12. The van der Waals surface area contributed by atoms with Gasteiger partial charge in [-0.1, -0.05) is 36.0 Å². The molecule has 0 unspecified atom stereocenters. The Labute approximate surface area is 192 Å². The highest BCUT2D eigenvalue weighted by molar-refractivity contribution is 7.99. The second kappa shape index (κ2) is 7.91. The maximum Gasteiger partial charge on any atom is 0.123 e. The average Bonchev–Trinajstić information content (AvgIpc) is 3.18. The first-order valence-electron chi connectivity index (χ1n) is 11.2. The molecule has 3 aliphatic heterocycles. The molecule has 0 radical (unpaired) electrons. The van der Waals surface area contributed by atoms with Crippen LogP contribution in [0.4, 0.5) is 10.1 Å². The van der Waals surface area contributed by atoms with Gasteiger partial charge in [0.25, 0.3) is 0 Å². The Bertz CT molecular complexity index is 1250. The van der Waals surface area contributed by atoms with Gasteiger partial charge < -0.3 is 5.43 Å². The Balaban J connectivity index is 1.44. The Morgan fingerprint density at radius 3 is 2.62 bits per heavy atom. The minimum absolute atomic E-state index is 0.238. The van der Waals surface area contributed by atoms with Gasteiger partial charge in [0.1, 0.15) is 5.82 Å². The zero-order valence-electron chi connectivity index (χ0n) is 17.9. The van der Waals surface area contributed by atoms with Crippen molar-refractivity contribution in [1.29, 1.82) is 0 Å². The van der Waals surface area contributed by atoms with Crippen molar-refractivity contribution in [2.45, 2.75) is 48.1 Å². The molecule has 0 aromatic heterocycles. The lowest BCUT2D eigenvalue weighted by Crippen LogP contribution is -2.47. The second-order valence-electron chi connectivity index (χ2n) is 8.69. The van der Waals surface area contributed by atoms with Gasteiger partial charge in [-0.25, -0.2) is 14.4 Å². The van der Waals surface area contributed by atoms with Crippen molar-refractivity contribution in [3.63, 3.8) is 0 Å². The van der Waals surface area contributed by atoms with Crippen LogP contribution in [0.15, 0.2) is 87.6 Å². The molecule has 3 heterocycles. The fourth-order valence-electron chi connectivity index (χ4n) is 4.85. The number of hydrogen-bond acceptors (Lipinski definition) is 4. The van der Waals surface area contributed by atoms with Crippen molar-refractivity contribution in [1.82, 2.24) is 10.4 Å². The summed E-state index contributed by atoms with van der Waals surface area (Å²) in [5.74, 6) is -0.238. The van der Waals surface area contributed by atoms with Crippen LogP contribution < -0.4 is 5.43 Å². The van der Waals surface area contributed by atoms with E-state index >= 15 is 0 Å². The van der Waals surface area contributed by atoms with E-state index in [-0.39, 0.29) is 5.82 Å². The monoisotopic (exact) mass is 441 g/mol. The third kappa shape index (κ3) is 3.46. The lowest BCUT2D eigenvalue weighted by atomic mass is 9.98. The Kier molecular flexibility index (Phi) is 4.89. The number of benzene rings is 3. The lowest BCUT2D eigenvalue weighted by molar-refractivity contribution is 0.0992. The van der Waals surface area contributed by atoms with Crippen LogP contribution in [0.3, 0.4) is 0 Å². The highest BCUT2D eigenvalue weighted by Gasteiger charge is 2.32. The molecule has 0 saturated carbocycles.